The number of pyridine rings is 1. The number of hydrogen-bond donors (Lipinski definition) is 1. The lowest BCUT2D eigenvalue weighted by Gasteiger charge is -2.38. The van der Waals surface area contributed by atoms with Crippen LogP contribution in [0.15, 0.2) is 30.3 Å². The first-order valence-electron chi connectivity index (χ1n) is 16.1. The Balaban J connectivity index is 1.45. The Morgan fingerprint density at radius 2 is 1.89 bits per heavy atom. The number of aromatic nitrogens is 3. The van der Waals surface area contributed by atoms with Gasteiger partial charge < -0.3 is 14.7 Å². The summed E-state index contributed by atoms with van der Waals surface area (Å²) in [5, 5.41) is 12.5. The number of ether oxygens (including phenoxy) is 1. The highest BCUT2D eigenvalue weighted by atomic mass is 19.1. The molecule has 4 aromatic rings. The van der Waals surface area contributed by atoms with E-state index in [0.29, 0.717) is 65.6 Å². The summed E-state index contributed by atoms with van der Waals surface area (Å²) < 4.78 is 52.8. The first kappa shape index (κ1) is 30.7. The zero-order valence-electron chi connectivity index (χ0n) is 26.4. The summed E-state index contributed by atoms with van der Waals surface area (Å²) in [6.45, 7) is 7.95. The van der Waals surface area contributed by atoms with E-state index in [4.69, 9.17) is 21.1 Å². The molecule has 3 saturated heterocycles. The molecule has 2 aromatic heterocycles. The Hall–Kier alpha value is -3.94. The van der Waals surface area contributed by atoms with Gasteiger partial charge in [-0.15, -0.1) is 6.42 Å². The maximum atomic E-state index is 17.1. The van der Waals surface area contributed by atoms with Crippen LogP contribution in [0.2, 0.25) is 0 Å². The normalized spacial score (nSPS) is 25.0. The van der Waals surface area contributed by atoms with E-state index >= 15 is 4.39 Å². The van der Waals surface area contributed by atoms with E-state index in [0.717, 1.165) is 19.4 Å². The number of benzene rings is 2. The minimum Gasteiger partial charge on any atom is -0.461 e. The lowest BCUT2D eigenvalue weighted by Crippen LogP contribution is -2.46. The molecule has 0 saturated carbocycles. The molecule has 3 fully saturated rings. The van der Waals surface area contributed by atoms with Crippen LogP contribution in [-0.4, -0.2) is 75.1 Å². The van der Waals surface area contributed by atoms with Gasteiger partial charge >= 0.3 is 6.01 Å². The molecule has 5 heterocycles. The van der Waals surface area contributed by atoms with Gasteiger partial charge in [-0.05, 0) is 56.5 Å². The van der Waals surface area contributed by atoms with Gasteiger partial charge in [-0.3, -0.25) is 4.90 Å². The van der Waals surface area contributed by atoms with Crippen molar-refractivity contribution in [1.82, 2.24) is 19.9 Å². The van der Waals surface area contributed by atoms with Gasteiger partial charge in [-0.1, -0.05) is 44.0 Å². The van der Waals surface area contributed by atoms with Crippen LogP contribution in [-0.2, 0) is 0 Å². The van der Waals surface area contributed by atoms with Crippen LogP contribution >= 0.6 is 0 Å². The summed E-state index contributed by atoms with van der Waals surface area (Å²) >= 11 is 0. The molecule has 0 amide bonds. The summed E-state index contributed by atoms with van der Waals surface area (Å²) in [5.41, 5.74) is -0.446. The van der Waals surface area contributed by atoms with Gasteiger partial charge in [0.15, 0.2) is 5.82 Å². The Bertz CT molecular complexity index is 1890. The van der Waals surface area contributed by atoms with E-state index in [-0.39, 0.29) is 41.9 Å². The third-order valence-corrected chi connectivity index (χ3v) is 9.92. The number of alkyl halides is 1. The van der Waals surface area contributed by atoms with Gasteiger partial charge in [0.05, 0.1) is 27.8 Å². The lowest BCUT2D eigenvalue weighted by molar-refractivity contribution is 0.0447. The fraction of sp³-hybridized carbons (Fsp3) is 0.472. The fourth-order valence-electron chi connectivity index (χ4n) is 7.79. The van der Waals surface area contributed by atoms with Crippen molar-refractivity contribution in [2.45, 2.75) is 76.1 Å². The topological polar surface area (TPSA) is 74.6 Å². The minimum absolute atomic E-state index is 0.00164. The van der Waals surface area contributed by atoms with Crippen LogP contribution in [0.1, 0.15) is 70.1 Å². The first-order chi connectivity index (χ1) is 22.0. The number of piperidine rings is 1. The Kier molecular flexibility index (Phi) is 7.60. The van der Waals surface area contributed by atoms with Crippen molar-refractivity contribution in [2.75, 3.05) is 37.7 Å². The van der Waals surface area contributed by atoms with E-state index in [1.807, 2.05) is 18.7 Å². The Morgan fingerprint density at radius 1 is 1.09 bits per heavy atom. The molecule has 7 rings (SSSR count). The van der Waals surface area contributed by atoms with Crippen molar-refractivity contribution in [3.63, 3.8) is 0 Å². The van der Waals surface area contributed by atoms with E-state index in [2.05, 4.69) is 15.8 Å². The number of terminal acetylenes is 1. The van der Waals surface area contributed by atoms with Gasteiger partial charge in [0, 0.05) is 37.0 Å². The quantitative estimate of drug-likeness (QED) is 0.243. The molecule has 0 aliphatic carbocycles. The molecule has 10 heteroatoms. The number of nitrogens with zero attached hydrogens (tertiary/aromatic N) is 5. The van der Waals surface area contributed by atoms with Gasteiger partial charge in [0.1, 0.15) is 35.6 Å². The highest BCUT2D eigenvalue weighted by Crippen LogP contribution is 2.43. The van der Waals surface area contributed by atoms with Crippen LogP contribution in [0.5, 0.6) is 6.01 Å². The van der Waals surface area contributed by atoms with Crippen molar-refractivity contribution in [1.29, 1.82) is 0 Å². The number of anilines is 1. The molecular formula is C36H38F3N5O2. The van der Waals surface area contributed by atoms with Crippen molar-refractivity contribution < 1.29 is 23.0 Å². The molecule has 7 nitrogen and oxygen atoms in total. The van der Waals surface area contributed by atoms with Crippen molar-refractivity contribution in [2.24, 2.45) is 0 Å². The average Bonchev–Trinajstić information content (AvgIpc) is 3.55. The number of hydrogen-bond acceptors (Lipinski definition) is 7. The molecule has 0 radical (unpaired) electrons. The summed E-state index contributed by atoms with van der Waals surface area (Å²) in [7, 11) is 0. The standard InChI is InChI=1S/C36H38F3N5O2/c1-5-24-26(38)12-11-22-9-6-10-25(27(22)24)31-29(39)32-28(30(40-31)21(2)3)33(43-15-7-13-35(4,45)19-43)42-34(41-32)46-20-36-14-8-16-44(36)18-23(37)17-36/h1,6,9-12,21,23,45H,7-8,13-20H2,2-4H3/t23-,35-,36+/m1/s1. The molecule has 3 aliphatic rings. The van der Waals surface area contributed by atoms with E-state index in [1.165, 1.54) is 6.07 Å². The molecule has 0 bridgehead atoms. The number of fused-ring (bicyclic) bond motifs is 3. The Morgan fingerprint density at radius 3 is 2.65 bits per heavy atom. The zero-order chi connectivity index (χ0) is 32.4. The smallest absolute Gasteiger partial charge is 0.319 e. The average molecular weight is 630 g/mol. The maximum absolute atomic E-state index is 17.1. The third-order valence-electron chi connectivity index (χ3n) is 9.92. The molecule has 0 spiro atoms. The number of β-amino-alcohol motifs (C(OH)–C–C–N with tert-alkyl or cyclic N) is 1. The molecule has 3 atom stereocenters. The number of rotatable bonds is 6. The summed E-state index contributed by atoms with van der Waals surface area (Å²) in [6.07, 6.45) is 8.30. The molecular weight excluding hydrogens is 591 g/mol. The SMILES string of the molecule is C#Cc1c(F)ccc2cccc(-c3nc(C(C)C)c4c(N5CCC[C@@](C)(O)C5)nc(OC[C@@]56CCCN5C[C@H](F)C6)nc4c3F)c12. The molecule has 1 N–H and O–H groups in total. The van der Waals surface area contributed by atoms with E-state index in [9.17, 15) is 13.9 Å². The minimum atomic E-state index is -0.970. The van der Waals surface area contributed by atoms with Crippen LogP contribution < -0.4 is 9.64 Å². The van der Waals surface area contributed by atoms with Crippen molar-refractivity contribution in [3.8, 4) is 29.6 Å². The van der Waals surface area contributed by atoms with Crippen molar-refractivity contribution >= 4 is 27.5 Å². The van der Waals surface area contributed by atoms with E-state index in [1.54, 1.807) is 31.2 Å². The summed E-state index contributed by atoms with van der Waals surface area (Å²) in [4.78, 5) is 18.5. The van der Waals surface area contributed by atoms with Gasteiger partial charge in [-0.2, -0.15) is 9.97 Å². The monoisotopic (exact) mass is 629 g/mol. The first-order valence-corrected chi connectivity index (χ1v) is 16.1. The number of aliphatic hydroxyl groups is 1. The van der Waals surface area contributed by atoms with Crippen molar-refractivity contribution in [3.05, 3.63) is 53.2 Å². The number of halogens is 3. The second-order valence-electron chi connectivity index (χ2n) is 13.7. The van der Waals surface area contributed by atoms with Crippen LogP contribution in [0.25, 0.3) is 32.9 Å². The largest absolute Gasteiger partial charge is 0.461 e. The third kappa shape index (κ3) is 5.14. The molecule has 46 heavy (non-hydrogen) atoms. The van der Waals surface area contributed by atoms with E-state index < -0.39 is 28.9 Å². The van der Waals surface area contributed by atoms with Crippen LogP contribution in [0.4, 0.5) is 19.0 Å². The van der Waals surface area contributed by atoms with Crippen LogP contribution in [0, 0.1) is 24.0 Å². The molecule has 3 aliphatic heterocycles. The predicted molar refractivity (Wildman–Crippen MR) is 173 cm³/mol. The predicted octanol–water partition coefficient (Wildman–Crippen LogP) is 6.53. The molecule has 2 aromatic carbocycles. The van der Waals surface area contributed by atoms with Crippen LogP contribution in [0.3, 0.4) is 0 Å². The molecule has 0 unspecified atom stereocenters. The van der Waals surface area contributed by atoms with Gasteiger partial charge in [0.2, 0.25) is 0 Å². The fourth-order valence-corrected chi connectivity index (χ4v) is 7.79. The molecule has 240 valence electrons. The summed E-state index contributed by atoms with van der Waals surface area (Å²) in [6, 6.07) is 8.15. The second kappa shape index (κ2) is 11.4. The zero-order valence-corrected chi connectivity index (χ0v) is 26.4. The lowest BCUT2D eigenvalue weighted by atomic mass is 9.93. The Labute approximate surface area is 266 Å². The second-order valence-corrected chi connectivity index (χ2v) is 13.7. The maximum Gasteiger partial charge on any atom is 0.319 e. The van der Waals surface area contributed by atoms with Gasteiger partial charge in [0.25, 0.3) is 0 Å². The highest BCUT2D eigenvalue weighted by Gasteiger charge is 2.49. The van der Waals surface area contributed by atoms with Gasteiger partial charge in [-0.25, -0.2) is 18.2 Å². The highest BCUT2D eigenvalue weighted by molar-refractivity contribution is 6.02. The summed E-state index contributed by atoms with van der Waals surface area (Å²) in [5.74, 6) is 1.42.